The molecule has 2 unspecified atom stereocenters. The zero-order chi connectivity index (χ0) is 15.1. The number of fused-ring (bicyclic) bond motifs is 3. The molecular formula is C21H21N. The maximum Gasteiger partial charge on any atom is 0.0483 e. The first kappa shape index (κ1) is 13.4. The summed E-state index contributed by atoms with van der Waals surface area (Å²) in [5.41, 5.74) is 5.73. The maximum absolute atomic E-state index is 2.38. The van der Waals surface area contributed by atoms with Crippen molar-refractivity contribution < 1.29 is 0 Å². The van der Waals surface area contributed by atoms with Crippen LogP contribution in [0, 0.1) is 5.92 Å². The van der Waals surface area contributed by atoms with Crippen molar-refractivity contribution in [1.82, 2.24) is 4.57 Å². The topological polar surface area (TPSA) is 4.93 Å². The number of hydrogen-bond acceptors (Lipinski definition) is 0. The molecule has 22 heavy (non-hydrogen) atoms. The Bertz CT molecular complexity index is 839. The molecule has 0 aliphatic heterocycles. The Morgan fingerprint density at radius 3 is 2.50 bits per heavy atom. The van der Waals surface area contributed by atoms with Gasteiger partial charge in [-0.05, 0) is 23.1 Å². The van der Waals surface area contributed by atoms with Gasteiger partial charge in [0.2, 0.25) is 0 Å². The monoisotopic (exact) mass is 287 g/mol. The average Bonchev–Trinajstić information content (AvgIpc) is 2.72. The molecule has 1 aliphatic rings. The lowest BCUT2D eigenvalue weighted by Gasteiger charge is -2.22. The Labute approximate surface area is 131 Å². The van der Waals surface area contributed by atoms with Gasteiger partial charge in [0, 0.05) is 36.0 Å². The second-order valence-electron chi connectivity index (χ2n) is 6.32. The number of rotatable bonds is 1. The van der Waals surface area contributed by atoms with Crippen LogP contribution in [0.1, 0.15) is 29.7 Å². The highest BCUT2D eigenvalue weighted by Gasteiger charge is 2.28. The molecule has 1 heterocycles. The summed E-state index contributed by atoms with van der Waals surface area (Å²) in [6.07, 6.45) is 5.74. The highest BCUT2D eigenvalue weighted by molar-refractivity contribution is 5.87. The average molecular weight is 287 g/mol. The third-order valence-electron chi connectivity index (χ3n) is 5.02. The molecule has 0 N–H and O–H groups in total. The summed E-state index contributed by atoms with van der Waals surface area (Å²) in [6.45, 7) is 2.34. The number of benzene rings is 2. The Balaban J connectivity index is 2.05. The van der Waals surface area contributed by atoms with E-state index in [4.69, 9.17) is 0 Å². The van der Waals surface area contributed by atoms with E-state index in [0.29, 0.717) is 11.8 Å². The van der Waals surface area contributed by atoms with Crippen LogP contribution >= 0.6 is 0 Å². The van der Waals surface area contributed by atoms with Crippen molar-refractivity contribution in [2.24, 2.45) is 13.0 Å². The van der Waals surface area contributed by atoms with Gasteiger partial charge in [-0.2, -0.15) is 0 Å². The minimum absolute atomic E-state index is 0.432. The number of para-hydroxylation sites is 1. The fraction of sp³-hybridized carbons (Fsp3) is 0.238. The second-order valence-corrected chi connectivity index (χ2v) is 6.32. The van der Waals surface area contributed by atoms with Gasteiger partial charge in [0.1, 0.15) is 0 Å². The Morgan fingerprint density at radius 1 is 0.955 bits per heavy atom. The molecule has 0 amide bonds. The summed E-state index contributed by atoms with van der Waals surface area (Å²) in [5.74, 6) is 0.940. The van der Waals surface area contributed by atoms with Crippen LogP contribution in [0.3, 0.4) is 0 Å². The van der Waals surface area contributed by atoms with Gasteiger partial charge in [-0.3, -0.25) is 0 Å². The molecule has 0 bridgehead atoms. The molecule has 2 aromatic carbocycles. The van der Waals surface area contributed by atoms with Gasteiger partial charge in [0.25, 0.3) is 0 Å². The third kappa shape index (κ3) is 1.93. The van der Waals surface area contributed by atoms with Crippen LogP contribution in [0.15, 0.2) is 66.7 Å². The molecule has 1 nitrogen and oxygen atoms in total. The molecule has 0 spiro atoms. The largest absolute Gasteiger partial charge is 0.347 e. The lowest BCUT2D eigenvalue weighted by Crippen LogP contribution is -2.10. The summed E-state index contributed by atoms with van der Waals surface area (Å²) in [7, 11) is 2.20. The Hall–Kier alpha value is -2.28. The van der Waals surface area contributed by atoms with E-state index in [1.54, 1.807) is 0 Å². The van der Waals surface area contributed by atoms with E-state index < -0.39 is 0 Å². The third-order valence-corrected chi connectivity index (χ3v) is 5.02. The molecule has 1 aromatic heterocycles. The number of allylic oxidation sites excluding steroid dienone is 2. The summed E-state index contributed by atoms with van der Waals surface area (Å²) < 4.78 is 2.38. The van der Waals surface area contributed by atoms with Crippen molar-refractivity contribution in [3.05, 3.63) is 83.6 Å². The van der Waals surface area contributed by atoms with Crippen LogP contribution < -0.4 is 0 Å². The summed E-state index contributed by atoms with van der Waals surface area (Å²) >= 11 is 0. The van der Waals surface area contributed by atoms with Crippen molar-refractivity contribution in [1.29, 1.82) is 0 Å². The highest BCUT2D eigenvalue weighted by atomic mass is 15.0. The quantitative estimate of drug-likeness (QED) is 0.551. The fourth-order valence-corrected chi connectivity index (χ4v) is 3.97. The van der Waals surface area contributed by atoms with Gasteiger partial charge >= 0.3 is 0 Å². The number of nitrogens with zero attached hydrogens (tertiary/aromatic N) is 1. The number of aryl methyl sites for hydroxylation is 1. The van der Waals surface area contributed by atoms with Crippen LogP contribution in [0.25, 0.3) is 10.9 Å². The van der Waals surface area contributed by atoms with E-state index in [0.717, 1.165) is 6.42 Å². The van der Waals surface area contributed by atoms with E-state index in [1.807, 2.05) is 0 Å². The minimum atomic E-state index is 0.432. The maximum atomic E-state index is 2.38. The highest BCUT2D eigenvalue weighted by Crippen LogP contribution is 2.42. The van der Waals surface area contributed by atoms with Gasteiger partial charge < -0.3 is 4.57 Å². The molecule has 3 aromatic rings. The Kier molecular flexibility index (Phi) is 3.15. The standard InChI is InChI=1S/C21H21N/c1-15-9-8-14-19-21(20(15)16-10-4-3-5-11-16)17-12-6-7-13-18(17)22(19)2/h3-13,15,20H,14H2,1-2H3. The first-order chi connectivity index (χ1) is 10.8. The molecule has 2 atom stereocenters. The summed E-state index contributed by atoms with van der Waals surface area (Å²) in [4.78, 5) is 0. The second kappa shape index (κ2) is 5.17. The molecule has 0 fully saturated rings. The molecular weight excluding hydrogens is 266 g/mol. The first-order valence-electron chi connectivity index (χ1n) is 8.05. The van der Waals surface area contributed by atoms with E-state index >= 15 is 0 Å². The van der Waals surface area contributed by atoms with Crippen molar-refractivity contribution in [3.8, 4) is 0 Å². The minimum Gasteiger partial charge on any atom is -0.347 e. The van der Waals surface area contributed by atoms with Crippen LogP contribution in [0.4, 0.5) is 0 Å². The predicted octanol–water partition coefficient (Wildman–Crippen LogP) is 5.06. The smallest absolute Gasteiger partial charge is 0.0483 e. The van der Waals surface area contributed by atoms with E-state index in [2.05, 4.69) is 85.3 Å². The Morgan fingerprint density at radius 2 is 1.68 bits per heavy atom. The molecule has 4 rings (SSSR count). The van der Waals surface area contributed by atoms with E-state index in [-0.39, 0.29) is 0 Å². The van der Waals surface area contributed by atoms with E-state index in [9.17, 15) is 0 Å². The van der Waals surface area contributed by atoms with Crippen LogP contribution in [0.2, 0.25) is 0 Å². The van der Waals surface area contributed by atoms with Gasteiger partial charge in [0.05, 0.1) is 0 Å². The summed E-state index contributed by atoms with van der Waals surface area (Å²) in [6, 6.07) is 19.8. The number of hydrogen-bond donors (Lipinski definition) is 0. The molecule has 0 saturated heterocycles. The first-order valence-corrected chi connectivity index (χ1v) is 8.05. The molecule has 0 saturated carbocycles. The van der Waals surface area contributed by atoms with Crippen molar-refractivity contribution in [3.63, 3.8) is 0 Å². The van der Waals surface area contributed by atoms with E-state index in [1.165, 1.54) is 27.7 Å². The number of aromatic nitrogens is 1. The van der Waals surface area contributed by atoms with Gasteiger partial charge in [-0.25, -0.2) is 0 Å². The van der Waals surface area contributed by atoms with Crippen molar-refractivity contribution in [2.45, 2.75) is 19.3 Å². The van der Waals surface area contributed by atoms with Crippen LogP contribution in [0.5, 0.6) is 0 Å². The van der Waals surface area contributed by atoms with Crippen LogP contribution in [-0.4, -0.2) is 4.57 Å². The SMILES string of the molecule is CC1C=CCc2c(c3ccccc3n2C)C1c1ccccc1. The molecule has 1 aliphatic carbocycles. The summed E-state index contributed by atoms with van der Waals surface area (Å²) in [5, 5.41) is 1.41. The van der Waals surface area contributed by atoms with Crippen molar-refractivity contribution >= 4 is 10.9 Å². The van der Waals surface area contributed by atoms with Crippen LogP contribution in [-0.2, 0) is 13.5 Å². The fourth-order valence-electron chi connectivity index (χ4n) is 3.97. The molecule has 110 valence electrons. The predicted molar refractivity (Wildman–Crippen MR) is 93.2 cm³/mol. The molecule has 1 heteroatoms. The van der Waals surface area contributed by atoms with Crippen molar-refractivity contribution in [2.75, 3.05) is 0 Å². The zero-order valence-electron chi connectivity index (χ0n) is 13.2. The normalized spacial score (nSPS) is 20.8. The lowest BCUT2D eigenvalue weighted by molar-refractivity contribution is 0.628. The van der Waals surface area contributed by atoms with Gasteiger partial charge in [-0.1, -0.05) is 67.6 Å². The molecule has 0 radical (unpaired) electrons. The zero-order valence-corrected chi connectivity index (χ0v) is 13.2. The lowest BCUT2D eigenvalue weighted by atomic mass is 9.81. The van der Waals surface area contributed by atoms with Gasteiger partial charge in [-0.15, -0.1) is 0 Å². The van der Waals surface area contributed by atoms with Gasteiger partial charge in [0.15, 0.2) is 0 Å².